The van der Waals surface area contributed by atoms with E-state index in [1.165, 1.54) is 6.07 Å². The third-order valence-electron chi connectivity index (χ3n) is 4.48. The van der Waals surface area contributed by atoms with Gasteiger partial charge < -0.3 is 10.3 Å². The molecule has 0 atom stereocenters. The molecular formula is C18H13ClF2N8. The standard InChI is InChI=1S/C18H13ClF2N8/c1-28-8-9(5-24-28)13-6-23-18-12(4-14(19)27-29(13)18)22-7-15-25-11-3-2-10(20)16(21)17(11)26-15/h2-6,8,22H,7H2,1H3,(H,25,26). The number of fused-ring (bicyclic) bond motifs is 2. The highest BCUT2D eigenvalue weighted by molar-refractivity contribution is 6.29. The molecule has 0 aliphatic heterocycles. The minimum Gasteiger partial charge on any atom is -0.375 e. The Morgan fingerprint density at radius 2 is 2.10 bits per heavy atom. The molecule has 0 saturated carbocycles. The summed E-state index contributed by atoms with van der Waals surface area (Å²) in [5, 5.41) is 11.9. The SMILES string of the molecule is Cn1cc(-c2cnc3c(NCc4nc5c(F)c(F)ccc5[nH]4)cc(Cl)nn23)cn1. The highest BCUT2D eigenvalue weighted by Gasteiger charge is 2.15. The number of benzene rings is 1. The minimum atomic E-state index is -0.978. The number of hydrogen-bond acceptors (Lipinski definition) is 5. The number of aromatic amines is 1. The second-order valence-electron chi connectivity index (χ2n) is 6.46. The van der Waals surface area contributed by atoms with Crippen molar-refractivity contribution >= 4 is 34.0 Å². The topological polar surface area (TPSA) is 88.7 Å². The van der Waals surface area contributed by atoms with Gasteiger partial charge in [-0.3, -0.25) is 4.68 Å². The Labute approximate surface area is 167 Å². The number of hydrogen-bond donors (Lipinski definition) is 2. The van der Waals surface area contributed by atoms with Crippen molar-refractivity contribution in [2.75, 3.05) is 5.32 Å². The molecule has 0 bridgehead atoms. The van der Waals surface area contributed by atoms with E-state index in [1.54, 1.807) is 27.7 Å². The van der Waals surface area contributed by atoms with Crippen LogP contribution in [-0.2, 0) is 13.6 Å². The molecule has 0 amide bonds. The molecule has 4 heterocycles. The van der Waals surface area contributed by atoms with Gasteiger partial charge in [-0.2, -0.15) is 10.2 Å². The number of halogens is 3. The Morgan fingerprint density at radius 3 is 2.90 bits per heavy atom. The minimum absolute atomic E-state index is 0.0422. The Hall–Kier alpha value is -3.53. The summed E-state index contributed by atoms with van der Waals surface area (Å²) in [5.41, 5.74) is 3.13. The first-order valence-corrected chi connectivity index (χ1v) is 8.97. The smallest absolute Gasteiger partial charge is 0.186 e. The van der Waals surface area contributed by atoms with Crippen molar-refractivity contribution in [2.45, 2.75) is 6.54 Å². The number of H-pyrrole nitrogens is 1. The van der Waals surface area contributed by atoms with Gasteiger partial charge in [0.25, 0.3) is 0 Å². The number of nitrogens with zero attached hydrogens (tertiary/aromatic N) is 6. The van der Waals surface area contributed by atoms with E-state index in [-0.39, 0.29) is 17.2 Å². The summed E-state index contributed by atoms with van der Waals surface area (Å²) in [5.74, 6) is -1.48. The Kier molecular flexibility index (Phi) is 3.95. The molecule has 4 aromatic heterocycles. The fourth-order valence-corrected chi connectivity index (χ4v) is 3.33. The zero-order valence-corrected chi connectivity index (χ0v) is 15.7. The number of aryl methyl sites for hydroxylation is 1. The molecule has 0 unspecified atom stereocenters. The molecule has 5 aromatic rings. The number of anilines is 1. The van der Waals surface area contributed by atoms with Crippen LogP contribution >= 0.6 is 11.6 Å². The summed E-state index contributed by atoms with van der Waals surface area (Å²) in [6.45, 7) is 0.223. The second kappa shape index (κ2) is 6.52. The number of nitrogens with one attached hydrogen (secondary N) is 2. The van der Waals surface area contributed by atoms with Crippen LogP contribution < -0.4 is 5.32 Å². The molecule has 0 fully saturated rings. The van der Waals surface area contributed by atoms with E-state index in [9.17, 15) is 8.78 Å². The third kappa shape index (κ3) is 2.97. The summed E-state index contributed by atoms with van der Waals surface area (Å²) in [6.07, 6.45) is 5.24. The lowest BCUT2D eigenvalue weighted by Crippen LogP contribution is -2.05. The summed E-state index contributed by atoms with van der Waals surface area (Å²) < 4.78 is 30.6. The summed E-state index contributed by atoms with van der Waals surface area (Å²) in [7, 11) is 1.82. The summed E-state index contributed by atoms with van der Waals surface area (Å²) >= 11 is 6.19. The van der Waals surface area contributed by atoms with E-state index >= 15 is 0 Å². The Bertz CT molecular complexity index is 1370. The van der Waals surface area contributed by atoms with Gasteiger partial charge in [0.1, 0.15) is 11.3 Å². The molecule has 0 spiro atoms. The molecule has 8 nitrogen and oxygen atoms in total. The molecule has 0 saturated heterocycles. The van der Waals surface area contributed by atoms with Gasteiger partial charge in [0.05, 0.1) is 35.8 Å². The third-order valence-corrected chi connectivity index (χ3v) is 4.66. The lowest BCUT2D eigenvalue weighted by molar-refractivity contribution is 0.515. The molecule has 29 heavy (non-hydrogen) atoms. The Morgan fingerprint density at radius 1 is 1.24 bits per heavy atom. The maximum absolute atomic E-state index is 13.9. The lowest BCUT2D eigenvalue weighted by Gasteiger charge is -2.07. The highest BCUT2D eigenvalue weighted by Crippen LogP contribution is 2.26. The molecular weight excluding hydrogens is 402 g/mol. The maximum Gasteiger partial charge on any atom is 0.186 e. The molecule has 146 valence electrons. The second-order valence-corrected chi connectivity index (χ2v) is 6.84. The van der Waals surface area contributed by atoms with E-state index in [1.807, 2.05) is 13.2 Å². The van der Waals surface area contributed by atoms with Gasteiger partial charge in [-0.1, -0.05) is 11.6 Å². The zero-order valence-electron chi connectivity index (χ0n) is 15.0. The van der Waals surface area contributed by atoms with Gasteiger partial charge in [0.2, 0.25) is 0 Å². The number of imidazole rings is 2. The van der Waals surface area contributed by atoms with Crippen LogP contribution in [0.15, 0.2) is 36.8 Å². The predicted molar refractivity (Wildman–Crippen MR) is 104 cm³/mol. The van der Waals surface area contributed by atoms with E-state index in [4.69, 9.17) is 11.6 Å². The van der Waals surface area contributed by atoms with Crippen LogP contribution in [0.3, 0.4) is 0 Å². The van der Waals surface area contributed by atoms with Crippen molar-refractivity contribution in [1.29, 1.82) is 0 Å². The first-order valence-electron chi connectivity index (χ1n) is 8.59. The molecule has 1 aromatic carbocycles. The van der Waals surface area contributed by atoms with Gasteiger partial charge >= 0.3 is 0 Å². The van der Waals surface area contributed by atoms with Crippen molar-refractivity contribution in [3.63, 3.8) is 0 Å². The number of aromatic nitrogens is 7. The molecule has 0 radical (unpaired) electrons. The van der Waals surface area contributed by atoms with Gasteiger partial charge in [-0.25, -0.2) is 23.3 Å². The molecule has 11 heteroatoms. The molecule has 5 rings (SSSR count). The molecule has 2 N–H and O–H groups in total. The quantitative estimate of drug-likeness (QED) is 0.469. The lowest BCUT2D eigenvalue weighted by atomic mass is 10.3. The highest BCUT2D eigenvalue weighted by atomic mass is 35.5. The van der Waals surface area contributed by atoms with E-state index in [2.05, 4.69) is 30.5 Å². The van der Waals surface area contributed by atoms with Crippen LogP contribution in [-0.4, -0.2) is 34.3 Å². The van der Waals surface area contributed by atoms with Gasteiger partial charge in [-0.05, 0) is 12.1 Å². The molecule has 0 aliphatic carbocycles. The van der Waals surface area contributed by atoms with Gasteiger partial charge in [0, 0.05) is 24.9 Å². The van der Waals surface area contributed by atoms with Crippen molar-refractivity contribution in [1.82, 2.24) is 34.3 Å². The predicted octanol–water partition coefficient (Wildman–Crippen LogP) is 3.55. The maximum atomic E-state index is 13.9. The summed E-state index contributed by atoms with van der Waals surface area (Å²) in [6, 6.07) is 4.14. The molecule has 0 aliphatic rings. The Balaban J connectivity index is 1.49. The normalized spacial score (nSPS) is 11.6. The van der Waals surface area contributed by atoms with E-state index < -0.39 is 11.6 Å². The van der Waals surface area contributed by atoms with Crippen LogP contribution in [0.2, 0.25) is 5.15 Å². The van der Waals surface area contributed by atoms with Crippen LogP contribution in [0.1, 0.15) is 5.82 Å². The summed E-state index contributed by atoms with van der Waals surface area (Å²) in [4.78, 5) is 11.5. The van der Waals surface area contributed by atoms with Crippen LogP contribution in [0, 0.1) is 11.6 Å². The first-order chi connectivity index (χ1) is 14.0. The first kappa shape index (κ1) is 17.6. The average Bonchev–Trinajstić information content (AvgIpc) is 3.40. The monoisotopic (exact) mass is 414 g/mol. The zero-order chi connectivity index (χ0) is 20.1. The van der Waals surface area contributed by atoms with Crippen LogP contribution in [0.4, 0.5) is 14.5 Å². The largest absolute Gasteiger partial charge is 0.375 e. The van der Waals surface area contributed by atoms with Gasteiger partial charge in [-0.15, -0.1) is 0 Å². The van der Waals surface area contributed by atoms with Crippen molar-refractivity contribution < 1.29 is 8.78 Å². The van der Waals surface area contributed by atoms with Crippen molar-refractivity contribution in [2.24, 2.45) is 7.05 Å². The van der Waals surface area contributed by atoms with Crippen LogP contribution in [0.5, 0.6) is 0 Å². The van der Waals surface area contributed by atoms with E-state index in [0.717, 1.165) is 17.3 Å². The fourth-order valence-electron chi connectivity index (χ4n) is 3.15. The van der Waals surface area contributed by atoms with Crippen LogP contribution in [0.25, 0.3) is 27.9 Å². The fraction of sp³-hybridized carbons (Fsp3) is 0.111. The average molecular weight is 415 g/mol. The van der Waals surface area contributed by atoms with Crippen molar-refractivity contribution in [3.05, 3.63) is 59.4 Å². The van der Waals surface area contributed by atoms with Crippen molar-refractivity contribution in [3.8, 4) is 11.3 Å². The van der Waals surface area contributed by atoms with Gasteiger partial charge in [0.15, 0.2) is 22.4 Å². The van der Waals surface area contributed by atoms with E-state index in [0.29, 0.717) is 22.7 Å². The number of rotatable bonds is 4.